The molecule has 1 aliphatic carbocycles. The molecule has 1 N–H and O–H groups in total. The highest BCUT2D eigenvalue weighted by Gasteiger charge is 2.22. The van der Waals surface area contributed by atoms with Crippen LogP contribution < -0.4 is 5.32 Å². The van der Waals surface area contributed by atoms with Gasteiger partial charge in [-0.2, -0.15) is 0 Å². The van der Waals surface area contributed by atoms with Crippen molar-refractivity contribution in [1.29, 1.82) is 0 Å². The molecule has 0 saturated heterocycles. The molecule has 2 unspecified atom stereocenters. The number of rotatable bonds is 3. The lowest BCUT2D eigenvalue weighted by atomic mass is 9.81. The van der Waals surface area contributed by atoms with Gasteiger partial charge in [0.2, 0.25) is 0 Å². The second-order valence-electron chi connectivity index (χ2n) is 5.48. The minimum atomic E-state index is 0.612. The van der Waals surface area contributed by atoms with Crippen molar-refractivity contribution in [2.45, 2.75) is 37.6 Å². The Labute approximate surface area is 115 Å². The van der Waals surface area contributed by atoms with Crippen LogP contribution in [0.1, 0.15) is 37.2 Å². The van der Waals surface area contributed by atoms with Crippen molar-refractivity contribution >= 4 is 5.69 Å². The van der Waals surface area contributed by atoms with Gasteiger partial charge in [0.05, 0.1) is 0 Å². The predicted molar refractivity (Wildman–Crippen MR) is 81.5 cm³/mol. The predicted octanol–water partition coefficient (Wildman–Crippen LogP) is 4.82. The number of para-hydroxylation sites is 1. The zero-order valence-electron chi connectivity index (χ0n) is 11.3. The van der Waals surface area contributed by atoms with E-state index in [1.54, 1.807) is 0 Å². The Morgan fingerprint density at radius 2 is 1.47 bits per heavy atom. The number of benzene rings is 2. The molecule has 3 rings (SSSR count). The van der Waals surface area contributed by atoms with Crippen LogP contribution in [0, 0.1) is 0 Å². The van der Waals surface area contributed by atoms with Gasteiger partial charge >= 0.3 is 0 Å². The summed E-state index contributed by atoms with van der Waals surface area (Å²) in [6.45, 7) is 0. The fourth-order valence-electron chi connectivity index (χ4n) is 3.12. The molecule has 0 heterocycles. The molecule has 2 aromatic carbocycles. The summed E-state index contributed by atoms with van der Waals surface area (Å²) in [6, 6.07) is 22.2. The molecule has 2 aromatic rings. The van der Waals surface area contributed by atoms with Gasteiger partial charge in [-0.3, -0.25) is 0 Å². The van der Waals surface area contributed by atoms with Gasteiger partial charge in [-0.25, -0.2) is 0 Å². The minimum absolute atomic E-state index is 0.612. The molecular weight excluding hydrogens is 230 g/mol. The van der Waals surface area contributed by atoms with Crippen LogP contribution in [-0.4, -0.2) is 6.04 Å². The molecule has 2 atom stereocenters. The SMILES string of the molecule is c1ccc(NC2CCCC(c3ccccc3)C2)cc1. The summed E-state index contributed by atoms with van der Waals surface area (Å²) < 4.78 is 0. The summed E-state index contributed by atoms with van der Waals surface area (Å²) in [6.07, 6.45) is 5.19. The van der Waals surface area contributed by atoms with E-state index in [2.05, 4.69) is 66.0 Å². The summed E-state index contributed by atoms with van der Waals surface area (Å²) in [5, 5.41) is 3.68. The maximum atomic E-state index is 3.68. The molecule has 1 heteroatoms. The molecule has 1 aliphatic rings. The Morgan fingerprint density at radius 3 is 2.21 bits per heavy atom. The van der Waals surface area contributed by atoms with Gasteiger partial charge in [-0.1, -0.05) is 55.0 Å². The summed E-state index contributed by atoms with van der Waals surface area (Å²) in [5.41, 5.74) is 2.75. The fraction of sp³-hybridized carbons (Fsp3) is 0.333. The van der Waals surface area contributed by atoms with Crippen molar-refractivity contribution in [1.82, 2.24) is 0 Å². The van der Waals surface area contributed by atoms with Gasteiger partial charge in [-0.05, 0) is 42.9 Å². The number of anilines is 1. The first-order valence-corrected chi connectivity index (χ1v) is 7.28. The van der Waals surface area contributed by atoms with Gasteiger partial charge in [0.1, 0.15) is 0 Å². The average molecular weight is 251 g/mol. The van der Waals surface area contributed by atoms with Gasteiger partial charge in [0.25, 0.3) is 0 Å². The number of nitrogens with one attached hydrogen (secondary N) is 1. The first kappa shape index (κ1) is 12.3. The van der Waals surface area contributed by atoms with Crippen LogP contribution in [0.15, 0.2) is 60.7 Å². The molecule has 0 aliphatic heterocycles. The molecule has 1 fully saturated rings. The highest BCUT2D eigenvalue weighted by atomic mass is 14.9. The second kappa shape index (κ2) is 5.92. The van der Waals surface area contributed by atoms with Crippen molar-refractivity contribution in [2.75, 3.05) is 5.32 Å². The monoisotopic (exact) mass is 251 g/mol. The fourth-order valence-corrected chi connectivity index (χ4v) is 3.12. The van der Waals surface area contributed by atoms with Gasteiger partial charge in [-0.15, -0.1) is 0 Å². The molecule has 0 radical (unpaired) electrons. The highest BCUT2D eigenvalue weighted by Crippen LogP contribution is 2.33. The molecule has 1 saturated carbocycles. The van der Waals surface area contributed by atoms with Crippen LogP contribution in [0.25, 0.3) is 0 Å². The van der Waals surface area contributed by atoms with E-state index < -0.39 is 0 Å². The number of hydrogen-bond acceptors (Lipinski definition) is 1. The Bertz CT molecular complexity index is 492. The quantitative estimate of drug-likeness (QED) is 0.824. The summed E-state index contributed by atoms with van der Waals surface area (Å²) >= 11 is 0. The Balaban J connectivity index is 1.65. The third kappa shape index (κ3) is 3.17. The first-order chi connectivity index (χ1) is 9.42. The lowest BCUT2D eigenvalue weighted by molar-refractivity contribution is 0.410. The van der Waals surface area contributed by atoms with Crippen LogP contribution in [0.3, 0.4) is 0 Å². The number of hydrogen-bond donors (Lipinski definition) is 1. The van der Waals surface area contributed by atoms with Gasteiger partial charge in [0.15, 0.2) is 0 Å². The zero-order valence-corrected chi connectivity index (χ0v) is 11.3. The molecule has 0 bridgehead atoms. The maximum Gasteiger partial charge on any atom is 0.0342 e. The molecule has 19 heavy (non-hydrogen) atoms. The maximum absolute atomic E-state index is 3.68. The van der Waals surface area contributed by atoms with Crippen molar-refractivity contribution in [3.63, 3.8) is 0 Å². The van der Waals surface area contributed by atoms with Crippen LogP contribution in [0.4, 0.5) is 5.69 Å². The molecule has 0 aromatic heterocycles. The average Bonchev–Trinajstić information content (AvgIpc) is 2.49. The zero-order chi connectivity index (χ0) is 12.9. The van der Waals surface area contributed by atoms with Crippen molar-refractivity contribution < 1.29 is 0 Å². The van der Waals surface area contributed by atoms with Gasteiger partial charge in [0, 0.05) is 11.7 Å². The summed E-state index contributed by atoms with van der Waals surface area (Å²) in [5.74, 6) is 0.719. The standard InChI is InChI=1S/C18H21N/c1-3-8-15(9-4-1)16-10-7-13-18(14-16)19-17-11-5-2-6-12-17/h1-6,8-9,11-12,16,18-19H,7,10,13-14H2. The van der Waals surface area contributed by atoms with Crippen LogP contribution in [-0.2, 0) is 0 Å². The van der Waals surface area contributed by atoms with Crippen LogP contribution in [0.5, 0.6) is 0 Å². The lowest BCUT2D eigenvalue weighted by Gasteiger charge is -2.30. The smallest absolute Gasteiger partial charge is 0.0342 e. The minimum Gasteiger partial charge on any atom is -0.382 e. The normalized spacial score (nSPS) is 22.9. The van der Waals surface area contributed by atoms with Crippen molar-refractivity contribution in [3.8, 4) is 0 Å². The Hall–Kier alpha value is -1.76. The van der Waals surface area contributed by atoms with E-state index in [1.807, 2.05) is 0 Å². The largest absolute Gasteiger partial charge is 0.382 e. The van der Waals surface area contributed by atoms with E-state index in [-0.39, 0.29) is 0 Å². The van der Waals surface area contributed by atoms with Crippen LogP contribution in [0.2, 0.25) is 0 Å². The Kier molecular flexibility index (Phi) is 3.83. The van der Waals surface area contributed by atoms with Crippen molar-refractivity contribution in [3.05, 3.63) is 66.2 Å². The second-order valence-corrected chi connectivity index (χ2v) is 5.48. The summed E-state index contributed by atoms with van der Waals surface area (Å²) in [7, 11) is 0. The first-order valence-electron chi connectivity index (χ1n) is 7.28. The van der Waals surface area contributed by atoms with E-state index in [0.717, 1.165) is 5.92 Å². The highest BCUT2D eigenvalue weighted by molar-refractivity contribution is 5.43. The van der Waals surface area contributed by atoms with E-state index in [4.69, 9.17) is 0 Å². The molecule has 0 amide bonds. The van der Waals surface area contributed by atoms with E-state index >= 15 is 0 Å². The molecular formula is C18H21N. The molecule has 1 nitrogen and oxygen atoms in total. The van der Waals surface area contributed by atoms with E-state index in [0.29, 0.717) is 6.04 Å². The van der Waals surface area contributed by atoms with Crippen molar-refractivity contribution in [2.24, 2.45) is 0 Å². The Morgan fingerprint density at radius 1 is 0.789 bits per heavy atom. The molecule has 98 valence electrons. The molecule has 0 spiro atoms. The van der Waals surface area contributed by atoms with E-state index in [1.165, 1.54) is 36.9 Å². The third-order valence-corrected chi connectivity index (χ3v) is 4.09. The summed E-state index contributed by atoms with van der Waals surface area (Å²) in [4.78, 5) is 0. The van der Waals surface area contributed by atoms with Gasteiger partial charge < -0.3 is 5.32 Å². The third-order valence-electron chi connectivity index (χ3n) is 4.09. The van der Waals surface area contributed by atoms with Crippen LogP contribution >= 0.6 is 0 Å². The van der Waals surface area contributed by atoms with E-state index in [9.17, 15) is 0 Å². The topological polar surface area (TPSA) is 12.0 Å². The lowest BCUT2D eigenvalue weighted by Crippen LogP contribution is -2.26.